The highest BCUT2D eigenvalue weighted by Gasteiger charge is 2.43. The molecule has 0 amide bonds. The molecule has 8 aromatic rings. The maximum absolute atomic E-state index is 2.63. The van der Waals surface area contributed by atoms with Crippen LogP contribution in [0.25, 0.3) is 53.6 Å². The number of benzene rings is 7. The lowest BCUT2D eigenvalue weighted by molar-refractivity contribution is 0.573. The summed E-state index contributed by atoms with van der Waals surface area (Å²) in [7, 11) is 0. The van der Waals surface area contributed by atoms with Gasteiger partial charge in [0, 0.05) is 53.2 Å². The van der Waals surface area contributed by atoms with Crippen molar-refractivity contribution in [3.63, 3.8) is 0 Å². The van der Waals surface area contributed by atoms with Gasteiger partial charge in [-0.25, -0.2) is 0 Å². The van der Waals surface area contributed by atoms with E-state index in [4.69, 9.17) is 0 Å². The maximum Gasteiger partial charge on any atom is 0.0543 e. The Balaban J connectivity index is 1.23. The van der Waals surface area contributed by atoms with Crippen molar-refractivity contribution in [3.05, 3.63) is 172 Å². The van der Waals surface area contributed by atoms with Crippen molar-refractivity contribution in [1.29, 1.82) is 0 Å². The van der Waals surface area contributed by atoms with Crippen molar-refractivity contribution in [2.75, 3.05) is 4.90 Å². The van der Waals surface area contributed by atoms with Gasteiger partial charge in [0.15, 0.2) is 0 Å². The van der Waals surface area contributed by atoms with Crippen LogP contribution in [0.5, 0.6) is 0 Å². The van der Waals surface area contributed by atoms with Gasteiger partial charge in [0.25, 0.3) is 0 Å². The fraction of sp³-hybridized carbons (Fsp3) is 0.288. The van der Waals surface area contributed by atoms with E-state index in [2.05, 4.69) is 215 Å². The van der Waals surface area contributed by atoms with E-state index in [0.717, 1.165) is 0 Å². The summed E-state index contributed by atoms with van der Waals surface area (Å²) in [6, 6.07) is 49.5. The molecule has 11 rings (SSSR count). The summed E-state index contributed by atoms with van der Waals surface area (Å²) in [6.07, 6.45) is 0. The highest BCUT2D eigenvalue weighted by Crippen LogP contribution is 2.61. The summed E-state index contributed by atoms with van der Waals surface area (Å²) in [5.41, 5.74) is 22.6. The zero-order valence-electron chi connectivity index (χ0n) is 38.0. The van der Waals surface area contributed by atoms with E-state index in [1.807, 2.05) is 11.3 Å². The third-order valence-electron chi connectivity index (χ3n) is 14.9. The van der Waals surface area contributed by atoms with Gasteiger partial charge in [-0.1, -0.05) is 174 Å². The molecule has 0 atom stereocenters. The molecule has 304 valence electrons. The Labute approximate surface area is 367 Å². The fourth-order valence-electron chi connectivity index (χ4n) is 11.6. The monoisotopic (exact) mass is 811 g/mol. The molecule has 0 aliphatic heterocycles. The minimum atomic E-state index is -0.228. The molecule has 0 fully saturated rings. The van der Waals surface area contributed by atoms with Crippen molar-refractivity contribution in [2.24, 2.45) is 0 Å². The molecule has 1 aromatic heterocycles. The summed E-state index contributed by atoms with van der Waals surface area (Å²) >= 11 is 1.99. The summed E-state index contributed by atoms with van der Waals surface area (Å²) < 4.78 is 2.81. The Kier molecular flexibility index (Phi) is 7.79. The van der Waals surface area contributed by atoms with Gasteiger partial charge in [-0.05, 0) is 114 Å². The fourth-order valence-corrected chi connectivity index (χ4v) is 13.1. The lowest BCUT2D eigenvalue weighted by Gasteiger charge is -2.32. The Morgan fingerprint density at radius 3 is 1.66 bits per heavy atom. The SMILES string of the molecule is CC(C)(C)c1cc(C(C)(C)C)c2sc3ccc4c(c3c2c1)C(C)(C)c1cccc(N(c2ccc3c(c2)C(C)(C)c2ccccc2-3)c2cccc3c2-c2ccccc2C3(C)C)c1-4. The standard InChI is InChI=1S/C59H57NS/c1-55(2,3)34-31-40-52-49(61-54(40)46(32-34)56(4,5)6)30-29-39-51-44(59(11,12)53(39)52)24-18-26-48(51)60(35-27-28-37-36-19-13-15-21-41(36)58(9,10)45(37)33-35)47-25-17-23-43-50(47)38-20-14-16-22-42(38)57(43,7)8/h13-33H,1-12H3. The Morgan fingerprint density at radius 1 is 0.459 bits per heavy atom. The topological polar surface area (TPSA) is 3.24 Å². The highest BCUT2D eigenvalue weighted by molar-refractivity contribution is 7.26. The zero-order chi connectivity index (χ0) is 42.8. The predicted molar refractivity (Wildman–Crippen MR) is 264 cm³/mol. The first kappa shape index (κ1) is 38.5. The van der Waals surface area contributed by atoms with Crippen molar-refractivity contribution < 1.29 is 0 Å². The van der Waals surface area contributed by atoms with E-state index >= 15 is 0 Å². The van der Waals surface area contributed by atoms with Gasteiger partial charge < -0.3 is 4.90 Å². The van der Waals surface area contributed by atoms with Gasteiger partial charge in [0.1, 0.15) is 0 Å². The van der Waals surface area contributed by atoms with Crippen LogP contribution >= 0.6 is 11.3 Å². The van der Waals surface area contributed by atoms with Crippen LogP contribution in [0.1, 0.15) is 128 Å². The van der Waals surface area contributed by atoms with Gasteiger partial charge in [-0.15, -0.1) is 11.3 Å². The van der Waals surface area contributed by atoms with Crippen LogP contribution in [-0.4, -0.2) is 0 Å². The first-order chi connectivity index (χ1) is 28.8. The molecular formula is C59H57NS. The molecule has 0 radical (unpaired) electrons. The molecule has 0 N–H and O–H groups in total. The van der Waals surface area contributed by atoms with E-state index < -0.39 is 0 Å². The molecule has 0 saturated heterocycles. The van der Waals surface area contributed by atoms with Crippen molar-refractivity contribution >= 4 is 48.6 Å². The van der Waals surface area contributed by atoms with Crippen molar-refractivity contribution in [1.82, 2.24) is 0 Å². The minimum Gasteiger partial charge on any atom is -0.309 e. The molecule has 61 heavy (non-hydrogen) atoms. The molecule has 1 heterocycles. The van der Waals surface area contributed by atoms with Crippen LogP contribution in [0.2, 0.25) is 0 Å². The molecule has 3 aliphatic carbocycles. The first-order valence-corrected chi connectivity index (χ1v) is 23.1. The molecular weight excluding hydrogens is 755 g/mol. The van der Waals surface area contributed by atoms with Crippen molar-refractivity contribution in [2.45, 2.75) is 110 Å². The number of nitrogens with zero attached hydrogens (tertiary/aromatic N) is 1. The molecule has 0 bridgehead atoms. The summed E-state index contributed by atoms with van der Waals surface area (Å²) in [4.78, 5) is 2.63. The second-order valence-electron chi connectivity index (χ2n) is 21.8. The number of fused-ring (bicyclic) bond motifs is 13. The zero-order valence-corrected chi connectivity index (χ0v) is 38.8. The average Bonchev–Trinajstić information content (AvgIpc) is 3.86. The van der Waals surface area contributed by atoms with Crippen LogP contribution < -0.4 is 4.90 Å². The molecule has 0 saturated carbocycles. The average molecular weight is 812 g/mol. The number of hydrogen-bond acceptors (Lipinski definition) is 2. The van der Waals surface area contributed by atoms with Crippen LogP contribution in [0.4, 0.5) is 17.1 Å². The Hall–Kier alpha value is -5.44. The summed E-state index contributed by atoms with van der Waals surface area (Å²) in [5.74, 6) is 0. The number of rotatable bonds is 3. The number of anilines is 3. The lowest BCUT2D eigenvalue weighted by Crippen LogP contribution is -2.18. The van der Waals surface area contributed by atoms with Crippen LogP contribution in [0.3, 0.4) is 0 Å². The van der Waals surface area contributed by atoms with Crippen LogP contribution in [0.15, 0.2) is 127 Å². The van der Waals surface area contributed by atoms with E-state index in [0.29, 0.717) is 0 Å². The largest absolute Gasteiger partial charge is 0.309 e. The third-order valence-corrected chi connectivity index (χ3v) is 16.1. The predicted octanol–water partition coefficient (Wildman–Crippen LogP) is 17.0. The first-order valence-electron chi connectivity index (χ1n) is 22.3. The summed E-state index contributed by atoms with van der Waals surface area (Å²) in [6.45, 7) is 28.7. The molecule has 2 heteroatoms. The van der Waals surface area contributed by atoms with Gasteiger partial charge in [-0.2, -0.15) is 0 Å². The Bertz CT molecular complexity index is 3190. The second-order valence-corrected chi connectivity index (χ2v) is 22.8. The van der Waals surface area contributed by atoms with Gasteiger partial charge >= 0.3 is 0 Å². The summed E-state index contributed by atoms with van der Waals surface area (Å²) in [5, 5.41) is 2.84. The van der Waals surface area contributed by atoms with Crippen LogP contribution in [0, 0.1) is 0 Å². The third kappa shape index (κ3) is 5.18. The molecule has 0 unspecified atom stereocenters. The smallest absolute Gasteiger partial charge is 0.0543 e. The van der Waals surface area contributed by atoms with Gasteiger partial charge in [0.05, 0.1) is 11.4 Å². The molecule has 1 nitrogen and oxygen atoms in total. The number of hydrogen-bond donors (Lipinski definition) is 0. The lowest BCUT2D eigenvalue weighted by atomic mass is 9.78. The van der Waals surface area contributed by atoms with E-state index in [-0.39, 0.29) is 27.1 Å². The number of thiophene rings is 1. The Morgan fingerprint density at radius 2 is 1.00 bits per heavy atom. The van der Waals surface area contributed by atoms with E-state index in [1.54, 1.807) is 0 Å². The van der Waals surface area contributed by atoms with Gasteiger partial charge in [0.2, 0.25) is 0 Å². The van der Waals surface area contributed by atoms with E-state index in [9.17, 15) is 0 Å². The minimum absolute atomic E-state index is 0.0185. The molecule has 0 spiro atoms. The van der Waals surface area contributed by atoms with Crippen molar-refractivity contribution in [3.8, 4) is 33.4 Å². The normalized spacial score (nSPS) is 16.3. The van der Waals surface area contributed by atoms with Gasteiger partial charge in [-0.3, -0.25) is 0 Å². The van der Waals surface area contributed by atoms with E-state index in [1.165, 1.54) is 115 Å². The quantitative estimate of drug-likeness (QED) is 0.172. The second kappa shape index (κ2) is 12.4. The van der Waals surface area contributed by atoms with Crippen LogP contribution in [-0.2, 0) is 27.1 Å². The molecule has 3 aliphatic rings. The highest BCUT2D eigenvalue weighted by atomic mass is 32.1. The molecule has 7 aromatic carbocycles. The maximum atomic E-state index is 2.63.